The van der Waals surface area contributed by atoms with Crippen molar-refractivity contribution in [2.75, 3.05) is 19.6 Å². The number of carbonyl (C=O) groups is 2. The van der Waals surface area contributed by atoms with Crippen molar-refractivity contribution in [3.8, 4) is 0 Å². The molecule has 0 aliphatic carbocycles. The fourth-order valence-corrected chi connectivity index (χ4v) is 3.24. The number of hydrogen-bond acceptors (Lipinski definition) is 2. The molecule has 21 heavy (non-hydrogen) atoms. The van der Waals surface area contributed by atoms with E-state index in [4.69, 9.17) is 0 Å². The molecule has 2 rings (SSSR count). The van der Waals surface area contributed by atoms with Gasteiger partial charge in [0.1, 0.15) is 5.82 Å². The Labute approximate surface area is 137 Å². The van der Waals surface area contributed by atoms with Crippen molar-refractivity contribution in [2.45, 2.75) is 19.8 Å². The van der Waals surface area contributed by atoms with E-state index in [0.29, 0.717) is 28.8 Å². The molecular formula is C15H18FIN2O2. The third kappa shape index (κ3) is 3.93. The first-order valence-electron chi connectivity index (χ1n) is 7.05. The number of amides is 2. The van der Waals surface area contributed by atoms with Crippen molar-refractivity contribution in [1.29, 1.82) is 0 Å². The SMILES string of the molecule is CCNC(=O)C1CCCN(C(=O)c2ccc(F)cc2I)C1. The molecular weight excluding hydrogens is 386 g/mol. The van der Waals surface area contributed by atoms with Crippen LogP contribution < -0.4 is 5.32 Å². The van der Waals surface area contributed by atoms with Gasteiger partial charge >= 0.3 is 0 Å². The number of nitrogens with zero attached hydrogens (tertiary/aromatic N) is 1. The van der Waals surface area contributed by atoms with Crippen molar-refractivity contribution < 1.29 is 14.0 Å². The van der Waals surface area contributed by atoms with E-state index >= 15 is 0 Å². The van der Waals surface area contributed by atoms with Crippen molar-refractivity contribution >= 4 is 34.4 Å². The number of halogens is 2. The maximum Gasteiger partial charge on any atom is 0.254 e. The molecule has 1 unspecified atom stereocenters. The lowest BCUT2D eigenvalue weighted by Gasteiger charge is -2.32. The highest BCUT2D eigenvalue weighted by atomic mass is 127. The minimum absolute atomic E-state index is 0.00352. The van der Waals surface area contributed by atoms with Crippen molar-refractivity contribution in [3.05, 3.63) is 33.1 Å². The van der Waals surface area contributed by atoms with Gasteiger partial charge in [-0.05, 0) is 60.6 Å². The first kappa shape index (κ1) is 16.2. The molecule has 0 radical (unpaired) electrons. The molecule has 0 spiro atoms. The fourth-order valence-electron chi connectivity index (χ4n) is 2.53. The molecule has 1 fully saturated rings. The number of likely N-dealkylation sites (tertiary alicyclic amines) is 1. The maximum absolute atomic E-state index is 13.1. The van der Waals surface area contributed by atoms with Crippen LogP contribution in [0.1, 0.15) is 30.1 Å². The molecule has 1 saturated heterocycles. The average Bonchev–Trinajstić information content (AvgIpc) is 2.47. The predicted octanol–water partition coefficient (Wildman–Crippen LogP) is 2.42. The second-order valence-electron chi connectivity index (χ2n) is 5.11. The van der Waals surface area contributed by atoms with E-state index in [-0.39, 0.29) is 23.5 Å². The van der Waals surface area contributed by atoms with Gasteiger partial charge < -0.3 is 10.2 Å². The van der Waals surface area contributed by atoms with Crippen molar-refractivity contribution in [2.24, 2.45) is 5.92 Å². The maximum atomic E-state index is 13.1. The molecule has 1 aromatic carbocycles. The molecule has 0 bridgehead atoms. The van der Waals surface area contributed by atoms with E-state index in [0.717, 1.165) is 12.8 Å². The van der Waals surface area contributed by atoms with Crippen LogP contribution in [0.5, 0.6) is 0 Å². The summed E-state index contributed by atoms with van der Waals surface area (Å²) in [6.07, 6.45) is 1.61. The summed E-state index contributed by atoms with van der Waals surface area (Å²) in [7, 11) is 0. The molecule has 1 aliphatic heterocycles. The fraction of sp³-hybridized carbons (Fsp3) is 0.467. The van der Waals surface area contributed by atoms with Gasteiger partial charge in [-0.15, -0.1) is 0 Å². The number of hydrogen-bond donors (Lipinski definition) is 1. The molecule has 2 amide bonds. The highest BCUT2D eigenvalue weighted by Gasteiger charge is 2.29. The molecule has 1 aliphatic rings. The molecule has 1 atom stereocenters. The standard InChI is InChI=1S/C15H18FIN2O2/c1-2-18-14(20)10-4-3-7-19(9-10)15(21)12-6-5-11(16)8-13(12)17/h5-6,8,10H,2-4,7,9H2,1H3,(H,18,20). The summed E-state index contributed by atoms with van der Waals surface area (Å²) in [5.74, 6) is -0.632. The molecule has 1 N–H and O–H groups in total. The number of nitrogens with one attached hydrogen (secondary N) is 1. The molecule has 0 aromatic heterocycles. The van der Waals surface area contributed by atoms with Crippen LogP contribution in [-0.4, -0.2) is 36.3 Å². The summed E-state index contributed by atoms with van der Waals surface area (Å²) >= 11 is 1.96. The third-order valence-corrected chi connectivity index (χ3v) is 4.48. The quantitative estimate of drug-likeness (QED) is 0.787. The van der Waals surface area contributed by atoms with E-state index in [2.05, 4.69) is 5.32 Å². The Morgan fingerprint density at radius 2 is 2.24 bits per heavy atom. The zero-order valence-electron chi connectivity index (χ0n) is 11.9. The van der Waals surface area contributed by atoms with Gasteiger partial charge in [0.25, 0.3) is 5.91 Å². The second-order valence-corrected chi connectivity index (χ2v) is 6.27. The Morgan fingerprint density at radius 3 is 2.90 bits per heavy atom. The van der Waals surface area contributed by atoms with E-state index in [9.17, 15) is 14.0 Å². The average molecular weight is 404 g/mol. The Bertz CT molecular complexity index is 550. The van der Waals surface area contributed by atoms with Gasteiger partial charge in [-0.1, -0.05) is 0 Å². The van der Waals surface area contributed by atoms with Gasteiger partial charge in [0.2, 0.25) is 5.91 Å². The van der Waals surface area contributed by atoms with Gasteiger partial charge in [0.05, 0.1) is 11.5 Å². The van der Waals surface area contributed by atoms with E-state index < -0.39 is 0 Å². The van der Waals surface area contributed by atoms with Crippen molar-refractivity contribution in [1.82, 2.24) is 10.2 Å². The summed E-state index contributed by atoms with van der Waals surface area (Å²) in [5.41, 5.74) is 0.494. The molecule has 0 saturated carbocycles. The second kappa shape index (κ2) is 7.20. The number of carbonyl (C=O) groups excluding carboxylic acids is 2. The number of rotatable bonds is 3. The largest absolute Gasteiger partial charge is 0.356 e. The minimum Gasteiger partial charge on any atom is -0.356 e. The van der Waals surface area contributed by atoms with E-state index in [1.54, 1.807) is 4.90 Å². The summed E-state index contributed by atoms with van der Waals surface area (Å²) in [6.45, 7) is 3.55. The van der Waals surface area contributed by atoms with Gasteiger partial charge in [-0.2, -0.15) is 0 Å². The lowest BCUT2D eigenvalue weighted by Crippen LogP contribution is -2.45. The number of benzene rings is 1. The van der Waals surface area contributed by atoms with Crippen LogP contribution in [0.2, 0.25) is 0 Å². The third-order valence-electron chi connectivity index (χ3n) is 3.59. The monoisotopic (exact) mass is 404 g/mol. The molecule has 1 heterocycles. The zero-order chi connectivity index (χ0) is 15.4. The summed E-state index contributed by atoms with van der Waals surface area (Å²) in [5, 5.41) is 2.81. The van der Waals surface area contributed by atoms with E-state index in [1.807, 2.05) is 29.5 Å². The Balaban J connectivity index is 2.10. The van der Waals surface area contributed by atoms with Crippen LogP contribution in [0.3, 0.4) is 0 Å². The number of piperidine rings is 1. The Hall–Kier alpha value is -1.18. The van der Waals surface area contributed by atoms with Crippen molar-refractivity contribution in [3.63, 3.8) is 0 Å². The highest BCUT2D eigenvalue weighted by molar-refractivity contribution is 14.1. The normalized spacial score (nSPS) is 18.4. The molecule has 114 valence electrons. The minimum atomic E-state index is -0.352. The predicted molar refractivity (Wildman–Crippen MR) is 86.4 cm³/mol. The highest BCUT2D eigenvalue weighted by Crippen LogP contribution is 2.21. The first-order valence-corrected chi connectivity index (χ1v) is 8.12. The molecule has 4 nitrogen and oxygen atoms in total. The van der Waals surface area contributed by atoms with Crippen LogP contribution in [0.25, 0.3) is 0 Å². The van der Waals surface area contributed by atoms with E-state index in [1.165, 1.54) is 18.2 Å². The molecule has 6 heteroatoms. The lowest BCUT2D eigenvalue weighted by molar-refractivity contribution is -0.126. The van der Waals surface area contributed by atoms with Crippen LogP contribution in [-0.2, 0) is 4.79 Å². The first-order chi connectivity index (χ1) is 10.0. The molecule has 1 aromatic rings. The lowest BCUT2D eigenvalue weighted by atomic mass is 9.96. The Kier molecular flexibility index (Phi) is 5.55. The van der Waals surface area contributed by atoms with Gasteiger partial charge in [-0.25, -0.2) is 4.39 Å². The van der Waals surface area contributed by atoms with Gasteiger partial charge in [-0.3, -0.25) is 9.59 Å². The summed E-state index contributed by atoms with van der Waals surface area (Å²) in [6, 6.07) is 4.15. The summed E-state index contributed by atoms with van der Waals surface area (Å²) < 4.78 is 13.7. The van der Waals surface area contributed by atoms with Gasteiger partial charge in [0, 0.05) is 23.2 Å². The zero-order valence-corrected chi connectivity index (χ0v) is 14.0. The van der Waals surface area contributed by atoms with Crippen LogP contribution in [0.4, 0.5) is 4.39 Å². The summed E-state index contributed by atoms with van der Waals surface area (Å²) in [4.78, 5) is 26.1. The topological polar surface area (TPSA) is 49.4 Å². The smallest absolute Gasteiger partial charge is 0.254 e. The van der Waals surface area contributed by atoms with Crippen LogP contribution in [0, 0.1) is 15.3 Å². The van der Waals surface area contributed by atoms with Crippen LogP contribution >= 0.6 is 22.6 Å². The van der Waals surface area contributed by atoms with Crippen LogP contribution in [0.15, 0.2) is 18.2 Å². The Morgan fingerprint density at radius 1 is 1.48 bits per heavy atom. The van der Waals surface area contributed by atoms with Gasteiger partial charge in [0.15, 0.2) is 0 Å².